The van der Waals surface area contributed by atoms with Gasteiger partial charge in [-0.2, -0.15) is 0 Å². The Kier molecular flexibility index (Phi) is 12.7. The van der Waals surface area contributed by atoms with E-state index in [0.717, 1.165) is 36.5 Å². The molecule has 0 aliphatic heterocycles. The first kappa shape index (κ1) is 19.7. The molecule has 0 saturated carbocycles. The van der Waals surface area contributed by atoms with Crippen LogP contribution in [-0.2, 0) is 11.2 Å². The Morgan fingerprint density at radius 3 is 2.71 bits per heavy atom. The van der Waals surface area contributed by atoms with Gasteiger partial charge in [0.1, 0.15) is 12.4 Å². The minimum Gasteiger partial charge on any atom is -0.490 e. The van der Waals surface area contributed by atoms with Crippen LogP contribution in [0.15, 0.2) is 36.9 Å². The second-order valence-electron chi connectivity index (χ2n) is 4.26. The Hall–Kier alpha value is -1.35. The maximum absolute atomic E-state index is 5.51. The third kappa shape index (κ3) is 10.1. The molecule has 0 radical (unpaired) electrons. The van der Waals surface area contributed by atoms with Gasteiger partial charge < -0.3 is 9.47 Å². The van der Waals surface area contributed by atoms with Crippen molar-refractivity contribution in [3.05, 3.63) is 42.5 Å². The number of rotatable bonds is 9. The molecule has 118 valence electrons. The van der Waals surface area contributed by atoms with Gasteiger partial charge in [-0.3, -0.25) is 0 Å². The van der Waals surface area contributed by atoms with E-state index in [1.807, 2.05) is 32.9 Å². The molecular weight excluding hydrogens is 280 g/mol. The van der Waals surface area contributed by atoms with Crippen molar-refractivity contribution in [3.63, 3.8) is 0 Å². The first-order valence-electron chi connectivity index (χ1n) is 7.74. The van der Waals surface area contributed by atoms with Gasteiger partial charge in [0.25, 0.3) is 0 Å². The van der Waals surface area contributed by atoms with Crippen LogP contribution in [0.1, 0.15) is 45.6 Å². The summed E-state index contributed by atoms with van der Waals surface area (Å²) in [6, 6.07) is 8.21. The number of thiocarbonyl (C=S) groups is 1. The van der Waals surface area contributed by atoms with Crippen molar-refractivity contribution in [2.24, 2.45) is 0 Å². The predicted octanol–water partition coefficient (Wildman–Crippen LogP) is 5.35. The molecule has 0 aliphatic rings. The molecule has 0 spiro atoms. The molecule has 0 bridgehead atoms. The first-order valence-corrected chi connectivity index (χ1v) is 8.15. The molecule has 0 aliphatic carbocycles. The fraction of sp³-hybridized carbons (Fsp3) is 0.500. The van der Waals surface area contributed by atoms with E-state index < -0.39 is 0 Å². The van der Waals surface area contributed by atoms with Gasteiger partial charge in [-0.25, -0.2) is 0 Å². The molecule has 0 atom stereocenters. The second kappa shape index (κ2) is 13.6. The number of ether oxygens (including phenoxy) is 2. The normalized spacial score (nSPS) is 9.29. The van der Waals surface area contributed by atoms with Crippen molar-refractivity contribution >= 4 is 17.3 Å². The number of unbranched alkanes of at least 4 members (excludes halogenated alkanes) is 1. The molecule has 0 aromatic heterocycles. The van der Waals surface area contributed by atoms with Crippen molar-refractivity contribution in [1.82, 2.24) is 0 Å². The van der Waals surface area contributed by atoms with E-state index in [1.165, 1.54) is 5.56 Å². The topological polar surface area (TPSA) is 18.5 Å². The van der Waals surface area contributed by atoms with Crippen LogP contribution >= 0.6 is 12.2 Å². The van der Waals surface area contributed by atoms with Gasteiger partial charge in [-0.15, -0.1) is 0 Å². The van der Waals surface area contributed by atoms with Crippen LogP contribution in [-0.4, -0.2) is 18.3 Å². The van der Waals surface area contributed by atoms with Crippen molar-refractivity contribution in [3.8, 4) is 5.75 Å². The molecule has 0 fully saturated rings. The molecule has 0 N–H and O–H groups in total. The highest BCUT2D eigenvalue weighted by Crippen LogP contribution is 2.15. The zero-order valence-corrected chi connectivity index (χ0v) is 14.4. The smallest absolute Gasteiger partial charge is 0.159 e. The van der Waals surface area contributed by atoms with Gasteiger partial charge in [0.2, 0.25) is 0 Å². The molecule has 0 heterocycles. The van der Waals surface area contributed by atoms with Crippen molar-refractivity contribution < 1.29 is 9.47 Å². The Balaban J connectivity index is 0.00000191. The lowest BCUT2D eigenvalue weighted by Crippen LogP contribution is -2.01. The molecule has 0 saturated heterocycles. The fourth-order valence-electron chi connectivity index (χ4n) is 1.78. The molecule has 1 rings (SSSR count). The van der Waals surface area contributed by atoms with Crippen LogP contribution in [0.25, 0.3) is 0 Å². The number of hydrogen-bond donors (Lipinski definition) is 0. The highest BCUT2D eigenvalue weighted by atomic mass is 32.1. The Bertz CT molecular complexity index is 402. The van der Waals surface area contributed by atoms with Gasteiger partial charge in [0.05, 0.1) is 6.61 Å². The average Bonchev–Trinajstić information content (AvgIpc) is 2.52. The van der Waals surface area contributed by atoms with E-state index in [0.29, 0.717) is 13.2 Å². The maximum atomic E-state index is 5.51. The molecule has 0 amide bonds. The van der Waals surface area contributed by atoms with Gasteiger partial charge >= 0.3 is 0 Å². The summed E-state index contributed by atoms with van der Waals surface area (Å²) >= 11 is 5.10. The maximum Gasteiger partial charge on any atom is 0.159 e. The Labute approximate surface area is 135 Å². The van der Waals surface area contributed by atoms with E-state index in [-0.39, 0.29) is 0 Å². The average molecular weight is 308 g/mol. The quantitative estimate of drug-likeness (QED) is 0.348. The van der Waals surface area contributed by atoms with Crippen molar-refractivity contribution in [2.45, 2.75) is 46.5 Å². The first-order chi connectivity index (χ1) is 10.3. The van der Waals surface area contributed by atoms with E-state index in [1.54, 1.807) is 6.08 Å². The van der Waals surface area contributed by atoms with Crippen LogP contribution < -0.4 is 4.74 Å². The summed E-state index contributed by atoms with van der Waals surface area (Å²) in [4.78, 5) is 0. The standard InChI is InChI=1S/C16H22O2S.C2H6/c1-3-12-18-15-10-7-9-14(13-15)8-5-6-11-16(19)17-4-2;1-2/h3,7,9-10,13H,1,4-6,8,11-12H2,2H3;1-2H3. The zero-order valence-electron chi connectivity index (χ0n) is 13.6. The van der Waals surface area contributed by atoms with E-state index in [4.69, 9.17) is 21.7 Å². The lowest BCUT2D eigenvalue weighted by Gasteiger charge is -2.07. The SMILES string of the molecule is C=CCOc1cccc(CCCCC(=S)OCC)c1.CC. The van der Waals surface area contributed by atoms with Gasteiger partial charge in [0.15, 0.2) is 5.05 Å². The summed E-state index contributed by atoms with van der Waals surface area (Å²) in [5.41, 5.74) is 1.30. The van der Waals surface area contributed by atoms with Crippen LogP contribution in [0.4, 0.5) is 0 Å². The Morgan fingerprint density at radius 2 is 2.05 bits per heavy atom. The molecule has 21 heavy (non-hydrogen) atoms. The summed E-state index contributed by atoms with van der Waals surface area (Å²) < 4.78 is 10.8. The van der Waals surface area contributed by atoms with Crippen molar-refractivity contribution in [1.29, 1.82) is 0 Å². The van der Waals surface area contributed by atoms with Crippen LogP contribution in [0.2, 0.25) is 0 Å². The van der Waals surface area contributed by atoms with Gasteiger partial charge in [-0.05, 0) is 56.1 Å². The van der Waals surface area contributed by atoms with Crippen LogP contribution in [0.5, 0.6) is 5.75 Å². The van der Waals surface area contributed by atoms with Gasteiger partial charge in [0, 0.05) is 6.42 Å². The number of aryl methyl sites for hydroxylation is 1. The van der Waals surface area contributed by atoms with E-state index in [9.17, 15) is 0 Å². The predicted molar refractivity (Wildman–Crippen MR) is 95.3 cm³/mol. The van der Waals surface area contributed by atoms with E-state index >= 15 is 0 Å². The highest BCUT2D eigenvalue weighted by molar-refractivity contribution is 7.80. The Morgan fingerprint density at radius 1 is 1.29 bits per heavy atom. The summed E-state index contributed by atoms with van der Waals surface area (Å²) in [7, 11) is 0. The number of hydrogen-bond acceptors (Lipinski definition) is 3. The third-order valence-electron chi connectivity index (χ3n) is 2.67. The zero-order chi connectivity index (χ0) is 15.9. The molecule has 2 nitrogen and oxygen atoms in total. The molecule has 0 unspecified atom stereocenters. The molecule has 1 aromatic rings. The lowest BCUT2D eigenvalue weighted by molar-refractivity contribution is 0.325. The summed E-state index contributed by atoms with van der Waals surface area (Å²) in [6.45, 7) is 10.8. The van der Waals surface area contributed by atoms with Gasteiger partial charge in [-0.1, -0.05) is 38.6 Å². The fourth-order valence-corrected chi connectivity index (χ4v) is 2.04. The second-order valence-corrected chi connectivity index (χ2v) is 4.71. The summed E-state index contributed by atoms with van der Waals surface area (Å²) in [6.07, 6.45) is 5.84. The highest BCUT2D eigenvalue weighted by Gasteiger charge is 1.99. The van der Waals surface area contributed by atoms with Crippen LogP contribution in [0, 0.1) is 0 Å². The minimum atomic E-state index is 0.548. The van der Waals surface area contributed by atoms with Crippen LogP contribution in [0.3, 0.4) is 0 Å². The number of benzene rings is 1. The largest absolute Gasteiger partial charge is 0.490 e. The minimum absolute atomic E-state index is 0.548. The summed E-state index contributed by atoms with van der Waals surface area (Å²) in [5, 5.41) is 0.727. The molecule has 1 aromatic carbocycles. The lowest BCUT2D eigenvalue weighted by atomic mass is 10.1. The third-order valence-corrected chi connectivity index (χ3v) is 2.99. The summed E-state index contributed by atoms with van der Waals surface area (Å²) in [5.74, 6) is 0.905. The van der Waals surface area contributed by atoms with E-state index in [2.05, 4.69) is 18.7 Å². The molecular formula is C18H28O2S. The molecule has 3 heteroatoms. The van der Waals surface area contributed by atoms with Crippen molar-refractivity contribution in [2.75, 3.05) is 13.2 Å². The monoisotopic (exact) mass is 308 g/mol.